The molecule has 1 aromatic heterocycles. The minimum atomic E-state index is 0.305. The molecule has 0 bridgehead atoms. The lowest BCUT2D eigenvalue weighted by atomic mass is 10.1. The Morgan fingerprint density at radius 2 is 1.92 bits per heavy atom. The number of anilines is 2. The summed E-state index contributed by atoms with van der Waals surface area (Å²) in [4.78, 5) is 2.04. The molecule has 26 heavy (non-hydrogen) atoms. The molecule has 0 amide bonds. The number of hydrazone groups is 1. The van der Waals surface area contributed by atoms with Gasteiger partial charge in [0.2, 0.25) is 0 Å². The van der Waals surface area contributed by atoms with E-state index in [-0.39, 0.29) is 0 Å². The molecule has 0 aliphatic heterocycles. The second-order valence-corrected chi connectivity index (χ2v) is 5.82. The Hall–Kier alpha value is -2.39. The van der Waals surface area contributed by atoms with E-state index in [1.165, 1.54) is 11.0 Å². The monoisotopic (exact) mass is 401 g/mol. The fourth-order valence-electron chi connectivity index (χ4n) is 2.29. The van der Waals surface area contributed by atoms with Crippen molar-refractivity contribution in [2.24, 2.45) is 5.10 Å². The zero-order valence-electron chi connectivity index (χ0n) is 14.5. The number of aromatic nitrogens is 3. The van der Waals surface area contributed by atoms with Crippen LogP contribution in [0.2, 0.25) is 0 Å². The van der Waals surface area contributed by atoms with Crippen molar-refractivity contribution in [2.75, 3.05) is 55.2 Å². The first-order valence-electron chi connectivity index (χ1n) is 7.71. The molecule has 1 heterocycles. The van der Waals surface area contributed by atoms with E-state index in [0.29, 0.717) is 47.9 Å². The first-order valence-corrected chi connectivity index (χ1v) is 8.78. The van der Waals surface area contributed by atoms with Crippen LogP contribution >= 0.6 is 23.2 Å². The summed E-state index contributed by atoms with van der Waals surface area (Å²) in [6.45, 7) is 1.27. The zero-order valence-corrected chi connectivity index (χ0v) is 16.0. The van der Waals surface area contributed by atoms with E-state index in [9.17, 15) is 0 Å². The van der Waals surface area contributed by atoms with Gasteiger partial charge in [0, 0.05) is 36.5 Å². The van der Waals surface area contributed by atoms with E-state index >= 15 is 0 Å². The normalized spacial score (nSPS) is 10.9. The Kier molecular flexibility index (Phi) is 7.61. The topological polar surface area (TPSA) is 103 Å². The van der Waals surface area contributed by atoms with Gasteiger partial charge in [-0.3, -0.25) is 0 Å². The summed E-state index contributed by atoms with van der Waals surface area (Å²) in [6.07, 6.45) is 2.94. The van der Waals surface area contributed by atoms with Crippen molar-refractivity contribution in [3.8, 4) is 11.5 Å². The molecule has 0 fully saturated rings. The zero-order chi connectivity index (χ0) is 18.9. The van der Waals surface area contributed by atoms with E-state index in [2.05, 4.69) is 20.7 Å². The molecule has 0 saturated carbocycles. The van der Waals surface area contributed by atoms with Crippen molar-refractivity contribution >= 4 is 41.1 Å². The minimum absolute atomic E-state index is 0.305. The molecule has 9 nitrogen and oxygen atoms in total. The van der Waals surface area contributed by atoms with Crippen molar-refractivity contribution in [1.82, 2.24) is 14.9 Å². The molecule has 0 saturated heterocycles. The van der Waals surface area contributed by atoms with Gasteiger partial charge in [-0.1, -0.05) is 0 Å². The van der Waals surface area contributed by atoms with Gasteiger partial charge in [0.05, 0.1) is 26.1 Å². The molecule has 1 aromatic carbocycles. The van der Waals surface area contributed by atoms with E-state index < -0.39 is 0 Å². The number of nitrogens with one attached hydrogen (secondary N) is 1. The largest absolute Gasteiger partial charge is 0.496 e. The van der Waals surface area contributed by atoms with Gasteiger partial charge in [0.25, 0.3) is 5.95 Å². The third kappa shape index (κ3) is 4.83. The number of methoxy groups -OCH3 is 2. The Balaban J connectivity index is 2.30. The molecule has 0 radical (unpaired) electrons. The average Bonchev–Trinajstić information content (AvgIpc) is 3.06. The van der Waals surface area contributed by atoms with E-state index in [0.717, 1.165) is 5.69 Å². The van der Waals surface area contributed by atoms with Gasteiger partial charge in [-0.05, 0) is 6.07 Å². The second-order valence-electron chi connectivity index (χ2n) is 5.06. The molecule has 0 unspecified atom stereocenters. The highest BCUT2D eigenvalue weighted by atomic mass is 35.5. The van der Waals surface area contributed by atoms with Gasteiger partial charge in [-0.25, -0.2) is 10.1 Å². The quantitative estimate of drug-likeness (QED) is 0.270. The van der Waals surface area contributed by atoms with Crippen LogP contribution in [0.5, 0.6) is 11.5 Å². The highest BCUT2D eigenvalue weighted by Crippen LogP contribution is 2.35. The van der Waals surface area contributed by atoms with Crippen LogP contribution < -0.4 is 25.6 Å². The molecule has 3 N–H and O–H groups in total. The minimum Gasteiger partial charge on any atom is -0.496 e. The maximum absolute atomic E-state index is 5.90. The lowest BCUT2D eigenvalue weighted by Crippen LogP contribution is -2.28. The fourth-order valence-corrected chi connectivity index (χ4v) is 2.70. The Morgan fingerprint density at radius 3 is 2.46 bits per heavy atom. The first-order chi connectivity index (χ1) is 12.6. The number of ether oxygens (including phenoxy) is 2. The molecule has 2 rings (SSSR count). The van der Waals surface area contributed by atoms with E-state index in [1.807, 2.05) is 17.0 Å². The third-order valence-electron chi connectivity index (χ3n) is 3.52. The summed E-state index contributed by atoms with van der Waals surface area (Å²) >= 11 is 11.8. The predicted octanol–water partition coefficient (Wildman–Crippen LogP) is 1.74. The Morgan fingerprint density at radius 1 is 1.23 bits per heavy atom. The highest BCUT2D eigenvalue weighted by Gasteiger charge is 2.16. The lowest BCUT2D eigenvalue weighted by Gasteiger charge is -2.26. The number of rotatable bonds is 10. The molecular formula is C15H21Cl2N7O2. The summed E-state index contributed by atoms with van der Waals surface area (Å²) in [5.74, 6) is 8.13. The van der Waals surface area contributed by atoms with Crippen LogP contribution in [-0.4, -0.2) is 60.2 Å². The van der Waals surface area contributed by atoms with Gasteiger partial charge >= 0.3 is 0 Å². The average molecular weight is 402 g/mol. The lowest BCUT2D eigenvalue weighted by molar-refractivity contribution is 0.402. The highest BCUT2D eigenvalue weighted by molar-refractivity contribution is 6.18. The van der Waals surface area contributed by atoms with E-state index in [4.69, 9.17) is 38.5 Å². The van der Waals surface area contributed by atoms with Crippen molar-refractivity contribution in [3.05, 3.63) is 24.0 Å². The van der Waals surface area contributed by atoms with Crippen LogP contribution in [0.4, 0.5) is 11.6 Å². The smallest absolute Gasteiger partial charge is 0.263 e. The molecule has 142 valence electrons. The number of nitrogens with two attached hydrogens (primary N) is 1. The molecule has 11 heteroatoms. The van der Waals surface area contributed by atoms with Crippen LogP contribution in [0.25, 0.3) is 0 Å². The molecule has 0 atom stereocenters. The maximum atomic E-state index is 5.90. The van der Waals surface area contributed by atoms with Crippen LogP contribution in [-0.2, 0) is 0 Å². The number of benzene rings is 1. The van der Waals surface area contributed by atoms with Crippen molar-refractivity contribution in [3.63, 3.8) is 0 Å². The summed E-state index contributed by atoms with van der Waals surface area (Å²) < 4.78 is 12.2. The molecule has 0 spiro atoms. The number of halogens is 2. The van der Waals surface area contributed by atoms with Gasteiger partial charge in [-0.15, -0.1) is 33.4 Å². The van der Waals surface area contributed by atoms with Crippen LogP contribution in [0.3, 0.4) is 0 Å². The maximum Gasteiger partial charge on any atom is 0.263 e. The van der Waals surface area contributed by atoms with Crippen molar-refractivity contribution < 1.29 is 9.47 Å². The number of alkyl halides is 2. The summed E-state index contributed by atoms with van der Waals surface area (Å²) in [5, 5.41) is 11.5. The molecule has 0 aliphatic rings. The second kappa shape index (κ2) is 9.93. The van der Waals surface area contributed by atoms with Gasteiger partial charge in [0.1, 0.15) is 17.8 Å². The molecular weight excluding hydrogens is 381 g/mol. The summed E-state index contributed by atoms with van der Waals surface area (Å²) in [5.41, 5.74) is 4.25. The predicted molar refractivity (Wildman–Crippen MR) is 105 cm³/mol. The summed E-state index contributed by atoms with van der Waals surface area (Å²) in [7, 11) is 3.18. The van der Waals surface area contributed by atoms with Gasteiger partial charge in [-0.2, -0.15) is 5.10 Å². The fraction of sp³-hybridized carbons (Fsp3) is 0.400. The third-order valence-corrected chi connectivity index (χ3v) is 3.86. The Bertz CT molecular complexity index is 733. The SMILES string of the molecule is COc1cc(N(CCCl)CCCl)c(OC)cc1/C=N/Nc1nncn1N. The van der Waals surface area contributed by atoms with Crippen molar-refractivity contribution in [1.29, 1.82) is 0 Å². The van der Waals surface area contributed by atoms with Crippen LogP contribution in [0.15, 0.2) is 23.6 Å². The van der Waals surface area contributed by atoms with Gasteiger partial charge in [0.15, 0.2) is 0 Å². The Labute approximate surface area is 161 Å². The number of hydrogen-bond acceptors (Lipinski definition) is 8. The van der Waals surface area contributed by atoms with Crippen molar-refractivity contribution in [2.45, 2.75) is 0 Å². The molecule has 0 aliphatic carbocycles. The standard InChI is InChI=1S/C15H21Cl2N7O2/c1-25-13-8-12(23(5-3-16)6-4-17)14(26-2)7-11(13)9-19-21-15-22-20-10-24(15)18/h7-10H,3-6,18H2,1-2H3,(H,21,22)/b19-9+. The number of nitrogens with zero attached hydrogens (tertiary/aromatic N) is 5. The number of nitrogen functional groups attached to an aromatic ring is 1. The van der Waals surface area contributed by atoms with E-state index in [1.54, 1.807) is 20.4 Å². The van der Waals surface area contributed by atoms with Gasteiger partial charge < -0.3 is 20.2 Å². The first kappa shape index (κ1) is 19.9. The van der Waals surface area contributed by atoms with Crippen LogP contribution in [0, 0.1) is 0 Å². The number of hydrogen-bond donors (Lipinski definition) is 2. The van der Waals surface area contributed by atoms with Crippen LogP contribution in [0.1, 0.15) is 5.56 Å². The summed E-state index contributed by atoms with van der Waals surface area (Å²) in [6, 6.07) is 3.69. The molecule has 2 aromatic rings.